The van der Waals surface area contributed by atoms with Gasteiger partial charge in [-0.1, -0.05) is 49.6 Å². The lowest BCUT2D eigenvalue weighted by molar-refractivity contribution is -0.127. The van der Waals surface area contributed by atoms with Crippen molar-refractivity contribution in [2.24, 2.45) is 5.73 Å². The summed E-state index contributed by atoms with van der Waals surface area (Å²) in [5, 5.41) is 0.622. The predicted molar refractivity (Wildman–Crippen MR) is 122 cm³/mol. The van der Waals surface area contributed by atoms with Crippen LogP contribution in [0.5, 0.6) is 0 Å². The quantitative estimate of drug-likeness (QED) is 0.542. The summed E-state index contributed by atoms with van der Waals surface area (Å²) in [7, 11) is 0. The Morgan fingerprint density at radius 1 is 1.17 bits per heavy atom. The Morgan fingerprint density at radius 2 is 1.93 bits per heavy atom. The molecule has 5 nitrogen and oxygen atoms in total. The second-order valence-electron chi connectivity index (χ2n) is 8.07. The number of primary amides is 1. The average Bonchev–Trinajstić information content (AvgIpc) is 3.24. The highest BCUT2D eigenvalue weighted by Gasteiger charge is 2.26. The number of unbranched alkanes of at least 4 members (excludes halogenated alkanes) is 2. The maximum absolute atomic E-state index is 12.5. The van der Waals surface area contributed by atoms with Gasteiger partial charge in [0, 0.05) is 53.6 Å². The molecule has 2 amide bonds. The van der Waals surface area contributed by atoms with Gasteiger partial charge in [0.1, 0.15) is 0 Å². The minimum atomic E-state index is -0.423. The van der Waals surface area contributed by atoms with Crippen molar-refractivity contribution in [1.29, 1.82) is 0 Å². The summed E-state index contributed by atoms with van der Waals surface area (Å²) in [6, 6.07) is 7.64. The first-order valence-electron chi connectivity index (χ1n) is 11.0. The van der Waals surface area contributed by atoms with Crippen LogP contribution in [0.3, 0.4) is 0 Å². The van der Waals surface area contributed by atoms with E-state index < -0.39 is 5.91 Å². The molecule has 1 aliphatic rings. The van der Waals surface area contributed by atoms with E-state index in [9.17, 15) is 9.59 Å². The van der Waals surface area contributed by atoms with Crippen molar-refractivity contribution in [1.82, 2.24) is 9.47 Å². The Kier molecular flexibility index (Phi) is 7.59. The van der Waals surface area contributed by atoms with Crippen LogP contribution < -0.4 is 5.73 Å². The van der Waals surface area contributed by atoms with Crippen LogP contribution in [0.2, 0.25) is 5.02 Å². The maximum atomic E-state index is 12.5. The van der Waals surface area contributed by atoms with Gasteiger partial charge in [-0.2, -0.15) is 0 Å². The van der Waals surface area contributed by atoms with Gasteiger partial charge in [0.2, 0.25) is 5.91 Å². The topological polar surface area (TPSA) is 68.3 Å². The number of rotatable bonds is 10. The van der Waals surface area contributed by atoms with E-state index in [-0.39, 0.29) is 5.91 Å². The summed E-state index contributed by atoms with van der Waals surface area (Å²) in [5.74, 6) is -0.176. The molecule has 30 heavy (non-hydrogen) atoms. The zero-order valence-corrected chi connectivity index (χ0v) is 18.8. The number of carbonyl (C=O) groups excluding carboxylic acids is 2. The Bertz CT molecular complexity index is 919. The van der Waals surface area contributed by atoms with E-state index in [1.54, 1.807) is 0 Å². The van der Waals surface area contributed by atoms with Gasteiger partial charge < -0.3 is 15.2 Å². The number of aromatic nitrogens is 1. The number of hydrogen-bond donors (Lipinski definition) is 1. The van der Waals surface area contributed by atoms with E-state index in [1.807, 2.05) is 36.1 Å². The monoisotopic (exact) mass is 429 g/mol. The van der Waals surface area contributed by atoms with E-state index in [0.717, 1.165) is 80.7 Å². The molecule has 0 spiro atoms. The van der Waals surface area contributed by atoms with E-state index in [1.165, 1.54) is 0 Å². The van der Waals surface area contributed by atoms with Crippen molar-refractivity contribution in [3.63, 3.8) is 0 Å². The number of nitrogens with zero attached hydrogens (tertiary/aromatic N) is 2. The highest BCUT2D eigenvalue weighted by Crippen LogP contribution is 2.37. The van der Waals surface area contributed by atoms with Gasteiger partial charge in [-0.05, 0) is 38.7 Å². The molecule has 3 rings (SSSR count). The summed E-state index contributed by atoms with van der Waals surface area (Å²) >= 11 is 6.53. The van der Waals surface area contributed by atoms with Crippen molar-refractivity contribution in [2.75, 3.05) is 13.1 Å². The van der Waals surface area contributed by atoms with Gasteiger partial charge >= 0.3 is 0 Å². The van der Waals surface area contributed by atoms with Crippen molar-refractivity contribution in [2.45, 2.75) is 65.3 Å². The maximum Gasteiger partial charge on any atom is 0.251 e. The van der Waals surface area contributed by atoms with Gasteiger partial charge in [-0.25, -0.2) is 0 Å². The molecule has 2 aromatic rings. The molecule has 1 aliphatic heterocycles. The number of nitrogens with two attached hydrogens (primary N) is 1. The fourth-order valence-corrected chi connectivity index (χ4v) is 4.75. The molecule has 6 heteroatoms. The summed E-state index contributed by atoms with van der Waals surface area (Å²) in [4.78, 5) is 26.3. The van der Waals surface area contributed by atoms with Gasteiger partial charge in [0.05, 0.1) is 5.56 Å². The summed E-state index contributed by atoms with van der Waals surface area (Å²) in [6.45, 7) is 6.50. The summed E-state index contributed by atoms with van der Waals surface area (Å²) < 4.78 is 2.23. The minimum Gasteiger partial charge on any atom is -0.366 e. The number of amides is 2. The first-order valence-corrected chi connectivity index (χ1v) is 11.4. The molecular formula is C24H32ClN3O2. The van der Waals surface area contributed by atoms with Gasteiger partial charge in [-0.3, -0.25) is 9.59 Å². The summed E-state index contributed by atoms with van der Waals surface area (Å²) in [5.41, 5.74) is 10.1. The normalized spacial score (nSPS) is 14.0. The van der Waals surface area contributed by atoms with Crippen LogP contribution in [0.4, 0.5) is 0 Å². The van der Waals surface area contributed by atoms with Crippen molar-refractivity contribution >= 4 is 23.4 Å². The molecule has 162 valence electrons. The predicted octanol–water partition coefficient (Wildman–Crippen LogP) is 4.96. The number of hydrogen-bond acceptors (Lipinski definition) is 2. The number of halogens is 1. The van der Waals surface area contributed by atoms with Gasteiger partial charge in [0.15, 0.2) is 0 Å². The lowest BCUT2D eigenvalue weighted by Gasteiger charge is -2.18. The Balaban J connectivity index is 1.99. The van der Waals surface area contributed by atoms with Crippen molar-refractivity contribution in [3.05, 3.63) is 46.2 Å². The van der Waals surface area contributed by atoms with Crippen LogP contribution in [0.15, 0.2) is 24.3 Å². The molecule has 0 aliphatic carbocycles. The van der Waals surface area contributed by atoms with Crippen molar-refractivity contribution < 1.29 is 9.59 Å². The van der Waals surface area contributed by atoms with Crippen LogP contribution in [0.25, 0.3) is 11.1 Å². The number of carbonyl (C=O) groups is 2. The van der Waals surface area contributed by atoms with E-state index in [0.29, 0.717) is 17.0 Å². The zero-order valence-electron chi connectivity index (χ0n) is 18.0. The van der Waals surface area contributed by atoms with Gasteiger partial charge in [-0.15, -0.1) is 0 Å². The molecule has 2 N–H and O–H groups in total. The Morgan fingerprint density at radius 3 is 2.57 bits per heavy atom. The molecule has 0 unspecified atom stereocenters. The van der Waals surface area contributed by atoms with Crippen LogP contribution >= 0.6 is 11.6 Å². The Hall–Kier alpha value is -2.27. The lowest BCUT2D eigenvalue weighted by Crippen LogP contribution is -2.26. The third-order valence-electron chi connectivity index (χ3n) is 6.02. The molecule has 0 saturated carbocycles. The minimum absolute atomic E-state index is 0.247. The van der Waals surface area contributed by atoms with Gasteiger partial charge in [0.25, 0.3) is 5.91 Å². The van der Waals surface area contributed by atoms with Crippen LogP contribution in [-0.2, 0) is 17.8 Å². The smallest absolute Gasteiger partial charge is 0.251 e. The summed E-state index contributed by atoms with van der Waals surface area (Å²) in [6.07, 6.45) is 6.62. The third-order valence-corrected chi connectivity index (χ3v) is 6.35. The second kappa shape index (κ2) is 10.2. The highest BCUT2D eigenvalue weighted by atomic mass is 35.5. The molecule has 1 aromatic heterocycles. The molecule has 0 radical (unpaired) electrons. The van der Waals surface area contributed by atoms with E-state index in [2.05, 4.69) is 11.5 Å². The first-order chi connectivity index (χ1) is 14.5. The first kappa shape index (κ1) is 22.4. The average molecular weight is 430 g/mol. The molecule has 1 saturated heterocycles. The lowest BCUT2D eigenvalue weighted by atomic mass is 9.97. The fraction of sp³-hybridized carbons (Fsp3) is 0.500. The SMILES string of the molecule is CCCCCc1c(-c2ccccc2Cl)c(C(N)=O)c(C)n1CCCN1CCCC1=O. The van der Waals surface area contributed by atoms with Crippen molar-refractivity contribution in [3.8, 4) is 11.1 Å². The molecule has 0 bridgehead atoms. The molecule has 0 atom stereocenters. The zero-order chi connectivity index (χ0) is 21.7. The fourth-order valence-electron chi connectivity index (χ4n) is 4.52. The molecule has 2 heterocycles. The highest BCUT2D eigenvalue weighted by molar-refractivity contribution is 6.33. The van der Waals surface area contributed by atoms with E-state index >= 15 is 0 Å². The second-order valence-corrected chi connectivity index (χ2v) is 8.48. The van der Waals surface area contributed by atoms with Crippen LogP contribution in [0, 0.1) is 6.92 Å². The molecule has 1 aromatic carbocycles. The number of likely N-dealkylation sites (tertiary alicyclic amines) is 1. The third kappa shape index (κ3) is 4.72. The molecular weight excluding hydrogens is 398 g/mol. The largest absolute Gasteiger partial charge is 0.366 e. The number of benzene rings is 1. The Labute approximate surface area is 184 Å². The molecule has 1 fully saturated rings. The van der Waals surface area contributed by atoms with E-state index in [4.69, 9.17) is 17.3 Å². The van der Waals surface area contributed by atoms with Crippen LogP contribution in [-0.4, -0.2) is 34.4 Å². The standard InChI is InChI=1S/C24H32ClN3O2/c1-3-4-5-12-20-23(18-10-6-7-11-19(18)25)22(24(26)30)17(2)28(20)16-9-15-27-14-8-13-21(27)29/h6-7,10-11H,3-5,8-9,12-16H2,1-2H3,(H2,26,30). The van der Waals surface area contributed by atoms with Crippen LogP contribution in [0.1, 0.15) is 67.2 Å².